The van der Waals surface area contributed by atoms with Crippen LogP contribution in [0.3, 0.4) is 0 Å². The van der Waals surface area contributed by atoms with Crippen molar-refractivity contribution in [1.82, 2.24) is 0 Å². The zero-order valence-corrected chi connectivity index (χ0v) is 21.7. The first-order chi connectivity index (χ1) is 16.2. The van der Waals surface area contributed by atoms with Crippen LogP contribution in [0.2, 0.25) is 0 Å². The van der Waals surface area contributed by atoms with Gasteiger partial charge in [-0.15, -0.1) is 0 Å². The molecule has 0 heterocycles. The summed E-state index contributed by atoms with van der Waals surface area (Å²) in [5.41, 5.74) is 0.449. The first kappa shape index (κ1) is 27.2. The minimum absolute atomic E-state index is 0.0210. The SMILES string of the molecule is C=C(C)C(=O)OC1CCC(C2CCC(C3CCC(CCCOC(=O)C(C)C)CC3)CC2F)CC1. The standard InChI is InChI=1S/C29H47FO4/c1-19(2)28(31)33-17-5-6-21-7-9-22(10-8-21)24-13-16-26(27(30)18-24)23-11-14-25(15-12-23)34-29(32)20(3)4/h19,21-27H,3,5-18H2,1-2,4H3. The summed E-state index contributed by atoms with van der Waals surface area (Å²) in [6.07, 6.45) is 13.0. The van der Waals surface area contributed by atoms with E-state index in [1.165, 1.54) is 32.1 Å². The monoisotopic (exact) mass is 478 g/mol. The Bertz CT molecular complexity index is 674. The molecule has 0 saturated heterocycles. The number of rotatable bonds is 9. The van der Waals surface area contributed by atoms with E-state index >= 15 is 4.39 Å². The maximum atomic E-state index is 15.3. The largest absolute Gasteiger partial charge is 0.465 e. The number of carbonyl (C=O) groups excluding carboxylic acids is 2. The molecule has 5 heteroatoms. The van der Waals surface area contributed by atoms with Gasteiger partial charge in [0.2, 0.25) is 0 Å². The third kappa shape index (κ3) is 7.81. The highest BCUT2D eigenvalue weighted by Gasteiger charge is 2.40. The van der Waals surface area contributed by atoms with Crippen LogP contribution >= 0.6 is 0 Å². The van der Waals surface area contributed by atoms with Gasteiger partial charge in [0.1, 0.15) is 12.3 Å². The molecular formula is C29H47FO4. The van der Waals surface area contributed by atoms with E-state index < -0.39 is 6.17 Å². The number of halogens is 1. The molecule has 0 aromatic heterocycles. The maximum absolute atomic E-state index is 15.3. The third-order valence-corrected chi connectivity index (χ3v) is 8.84. The van der Waals surface area contributed by atoms with Crippen molar-refractivity contribution in [3.05, 3.63) is 12.2 Å². The van der Waals surface area contributed by atoms with Crippen LogP contribution in [0.5, 0.6) is 0 Å². The Balaban J connectivity index is 1.33. The van der Waals surface area contributed by atoms with E-state index in [9.17, 15) is 9.59 Å². The number of hydrogen-bond acceptors (Lipinski definition) is 4. The quantitative estimate of drug-likeness (QED) is 0.200. The molecule has 0 spiro atoms. The molecule has 0 radical (unpaired) electrons. The highest BCUT2D eigenvalue weighted by molar-refractivity contribution is 5.87. The fourth-order valence-corrected chi connectivity index (χ4v) is 6.67. The lowest BCUT2D eigenvalue weighted by atomic mass is 9.64. The van der Waals surface area contributed by atoms with Gasteiger partial charge in [-0.05, 0) is 107 Å². The van der Waals surface area contributed by atoms with Crippen LogP contribution in [-0.2, 0) is 19.1 Å². The number of alkyl halides is 1. The zero-order valence-electron chi connectivity index (χ0n) is 21.7. The van der Waals surface area contributed by atoms with Crippen LogP contribution in [0, 0.1) is 35.5 Å². The van der Waals surface area contributed by atoms with Crippen LogP contribution in [0.25, 0.3) is 0 Å². The van der Waals surface area contributed by atoms with E-state index in [4.69, 9.17) is 9.47 Å². The van der Waals surface area contributed by atoms with E-state index in [-0.39, 0.29) is 29.9 Å². The summed E-state index contributed by atoms with van der Waals surface area (Å²) >= 11 is 0. The van der Waals surface area contributed by atoms with Gasteiger partial charge in [0, 0.05) is 5.57 Å². The van der Waals surface area contributed by atoms with E-state index in [0.717, 1.165) is 57.3 Å². The van der Waals surface area contributed by atoms with Crippen LogP contribution in [0.1, 0.15) is 104 Å². The topological polar surface area (TPSA) is 52.6 Å². The summed E-state index contributed by atoms with van der Waals surface area (Å²) in [6, 6.07) is 0. The molecule has 3 aliphatic rings. The Morgan fingerprint density at radius 3 is 2.12 bits per heavy atom. The maximum Gasteiger partial charge on any atom is 0.333 e. The Morgan fingerprint density at radius 2 is 1.53 bits per heavy atom. The molecule has 0 aromatic rings. The van der Waals surface area contributed by atoms with Gasteiger partial charge in [-0.3, -0.25) is 4.79 Å². The first-order valence-electron chi connectivity index (χ1n) is 13.9. The van der Waals surface area contributed by atoms with Gasteiger partial charge in [0.05, 0.1) is 12.5 Å². The van der Waals surface area contributed by atoms with Gasteiger partial charge in [-0.1, -0.05) is 33.3 Å². The smallest absolute Gasteiger partial charge is 0.333 e. The van der Waals surface area contributed by atoms with Gasteiger partial charge < -0.3 is 9.47 Å². The molecule has 34 heavy (non-hydrogen) atoms. The molecule has 0 bridgehead atoms. The van der Waals surface area contributed by atoms with Gasteiger partial charge in [0.15, 0.2) is 0 Å². The fraction of sp³-hybridized carbons (Fsp3) is 0.862. The van der Waals surface area contributed by atoms with Crippen LogP contribution < -0.4 is 0 Å². The van der Waals surface area contributed by atoms with Gasteiger partial charge >= 0.3 is 11.9 Å². The molecule has 3 unspecified atom stereocenters. The Hall–Kier alpha value is -1.39. The lowest BCUT2D eigenvalue weighted by Gasteiger charge is -2.43. The molecule has 4 nitrogen and oxygen atoms in total. The normalized spacial score (nSPS) is 34.4. The second kappa shape index (κ2) is 13.1. The van der Waals surface area contributed by atoms with Gasteiger partial charge in [-0.25, -0.2) is 9.18 Å². The summed E-state index contributed by atoms with van der Waals surface area (Å²) in [5, 5.41) is 0. The van der Waals surface area contributed by atoms with Crippen molar-refractivity contribution in [1.29, 1.82) is 0 Å². The highest BCUT2D eigenvalue weighted by atomic mass is 19.1. The van der Waals surface area contributed by atoms with Crippen molar-refractivity contribution in [2.75, 3.05) is 6.61 Å². The van der Waals surface area contributed by atoms with Gasteiger partial charge in [0.25, 0.3) is 0 Å². The number of ether oxygens (including phenoxy) is 2. The average molecular weight is 479 g/mol. The average Bonchev–Trinajstić information content (AvgIpc) is 2.82. The van der Waals surface area contributed by atoms with E-state index in [1.54, 1.807) is 6.92 Å². The van der Waals surface area contributed by atoms with Crippen molar-refractivity contribution in [2.24, 2.45) is 35.5 Å². The Morgan fingerprint density at radius 1 is 0.912 bits per heavy atom. The predicted octanol–water partition coefficient (Wildman–Crippen LogP) is 7.20. The zero-order chi connectivity index (χ0) is 24.7. The molecule has 194 valence electrons. The van der Waals surface area contributed by atoms with Crippen molar-refractivity contribution in [3.8, 4) is 0 Å². The molecule has 3 aliphatic carbocycles. The Kier molecular flexibility index (Phi) is 10.5. The Labute approximate surface area is 206 Å². The molecule has 0 aromatic carbocycles. The van der Waals surface area contributed by atoms with Crippen LogP contribution in [-0.4, -0.2) is 30.8 Å². The predicted molar refractivity (Wildman–Crippen MR) is 133 cm³/mol. The van der Waals surface area contributed by atoms with Crippen LogP contribution in [0.4, 0.5) is 4.39 Å². The van der Waals surface area contributed by atoms with Gasteiger partial charge in [-0.2, -0.15) is 0 Å². The van der Waals surface area contributed by atoms with Crippen LogP contribution in [0.15, 0.2) is 12.2 Å². The summed E-state index contributed by atoms with van der Waals surface area (Å²) in [7, 11) is 0. The second-order valence-electron chi connectivity index (χ2n) is 11.7. The number of carbonyl (C=O) groups is 2. The molecule has 3 atom stereocenters. The molecule has 0 amide bonds. The molecule has 3 saturated carbocycles. The molecule has 0 aliphatic heterocycles. The lowest BCUT2D eigenvalue weighted by molar-refractivity contribution is -0.148. The second-order valence-corrected chi connectivity index (χ2v) is 11.7. The lowest BCUT2D eigenvalue weighted by Crippen LogP contribution is -2.37. The molecule has 0 N–H and O–H groups in total. The third-order valence-electron chi connectivity index (χ3n) is 8.84. The van der Waals surface area contributed by atoms with Crippen molar-refractivity contribution in [2.45, 2.75) is 117 Å². The summed E-state index contributed by atoms with van der Waals surface area (Å²) in [6.45, 7) is 9.62. The minimum atomic E-state index is -0.674. The molecule has 3 rings (SSSR count). The van der Waals surface area contributed by atoms with E-state index in [2.05, 4.69) is 6.58 Å². The van der Waals surface area contributed by atoms with E-state index in [1.807, 2.05) is 13.8 Å². The summed E-state index contributed by atoms with van der Waals surface area (Å²) < 4.78 is 26.1. The highest BCUT2D eigenvalue weighted by Crippen LogP contribution is 2.47. The summed E-state index contributed by atoms with van der Waals surface area (Å²) in [4.78, 5) is 23.3. The summed E-state index contributed by atoms with van der Waals surface area (Å²) in [5.74, 6) is 2.16. The van der Waals surface area contributed by atoms with Crippen molar-refractivity contribution < 1.29 is 23.5 Å². The molecular weight excluding hydrogens is 431 g/mol. The van der Waals surface area contributed by atoms with Crippen molar-refractivity contribution in [3.63, 3.8) is 0 Å². The number of esters is 2. The van der Waals surface area contributed by atoms with E-state index in [0.29, 0.717) is 29.9 Å². The first-order valence-corrected chi connectivity index (χ1v) is 13.9. The minimum Gasteiger partial charge on any atom is -0.465 e. The number of hydrogen-bond donors (Lipinski definition) is 0. The molecule has 3 fully saturated rings. The van der Waals surface area contributed by atoms with Crippen molar-refractivity contribution >= 4 is 11.9 Å². The fourth-order valence-electron chi connectivity index (χ4n) is 6.67.